The Labute approximate surface area is 118 Å². The molecule has 1 aliphatic rings. The lowest BCUT2D eigenvalue weighted by molar-refractivity contribution is 0.249. The van der Waals surface area contributed by atoms with Crippen LogP contribution in [0.5, 0.6) is 0 Å². The first kappa shape index (κ1) is 13.1. The summed E-state index contributed by atoms with van der Waals surface area (Å²) in [6.07, 6.45) is 1.83. The highest BCUT2D eigenvalue weighted by molar-refractivity contribution is 5.38. The van der Waals surface area contributed by atoms with E-state index in [-0.39, 0.29) is 5.82 Å². The zero-order valence-corrected chi connectivity index (χ0v) is 11.4. The Kier molecular flexibility index (Phi) is 3.92. The van der Waals surface area contributed by atoms with Crippen LogP contribution in [0.1, 0.15) is 5.56 Å². The fourth-order valence-corrected chi connectivity index (χ4v) is 2.57. The standard InChI is InChI=1S/C16H18FN3/c17-15-5-3-4-14(12-15)13-19-8-10-20(11-9-19)16-6-1-2-7-18-16/h1-7,12H,8-11,13H2. The van der Waals surface area contributed by atoms with E-state index in [0.717, 1.165) is 44.1 Å². The van der Waals surface area contributed by atoms with Gasteiger partial charge in [-0.3, -0.25) is 4.90 Å². The van der Waals surface area contributed by atoms with Gasteiger partial charge in [-0.1, -0.05) is 18.2 Å². The third kappa shape index (κ3) is 3.14. The van der Waals surface area contributed by atoms with Gasteiger partial charge in [0.1, 0.15) is 11.6 Å². The Balaban J connectivity index is 1.56. The maximum atomic E-state index is 13.2. The van der Waals surface area contributed by atoms with Crippen molar-refractivity contribution in [3.63, 3.8) is 0 Å². The molecule has 3 rings (SSSR count). The summed E-state index contributed by atoms with van der Waals surface area (Å²) in [5, 5.41) is 0. The molecule has 104 valence electrons. The lowest BCUT2D eigenvalue weighted by Crippen LogP contribution is -2.46. The highest BCUT2D eigenvalue weighted by Gasteiger charge is 2.17. The van der Waals surface area contributed by atoms with E-state index in [1.165, 1.54) is 6.07 Å². The van der Waals surface area contributed by atoms with Gasteiger partial charge >= 0.3 is 0 Å². The van der Waals surface area contributed by atoms with Gasteiger partial charge in [0.05, 0.1) is 0 Å². The molecule has 2 aromatic rings. The number of halogens is 1. The molecule has 0 radical (unpaired) electrons. The third-order valence-electron chi connectivity index (χ3n) is 3.64. The summed E-state index contributed by atoms with van der Waals surface area (Å²) in [6.45, 7) is 4.70. The summed E-state index contributed by atoms with van der Waals surface area (Å²) in [6, 6.07) is 12.9. The van der Waals surface area contributed by atoms with E-state index in [0.29, 0.717) is 0 Å². The number of aromatic nitrogens is 1. The van der Waals surface area contributed by atoms with Gasteiger partial charge in [-0.15, -0.1) is 0 Å². The molecule has 0 atom stereocenters. The lowest BCUT2D eigenvalue weighted by atomic mass is 10.2. The fraction of sp³-hybridized carbons (Fsp3) is 0.312. The van der Waals surface area contributed by atoms with E-state index in [9.17, 15) is 4.39 Å². The molecular formula is C16H18FN3. The largest absolute Gasteiger partial charge is 0.354 e. The van der Waals surface area contributed by atoms with Crippen molar-refractivity contribution in [2.75, 3.05) is 31.1 Å². The first-order chi connectivity index (χ1) is 9.81. The fourth-order valence-electron chi connectivity index (χ4n) is 2.57. The molecule has 0 amide bonds. The van der Waals surface area contributed by atoms with Gasteiger partial charge in [-0.25, -0.2) is 9.37 Å². The molecule has 0 saturated carbocycles. The van der Waals surface area contributed by atoms with E-state index in [2.05, 4.69) is 14.8 Å². The molecule has 20 heavy (non-hydrogen) atoms. The van der Waals surface area contributed by atoms with E-state index in [1.807, 2.05) is 30.5 Å². The van der Waals surface area contributed by atoms with Crippen molar-refractivity contribution in [1.29, 1.82) is 0 Å². The van der Waals surface area contributed by atoms with Gasteiger partial charge in [0.15, 0.2) is 0 Å². The van der Waals surface area contributed by atoms with Crippen LogP contribution in [0.15, 0.2) is 48.7 Å². The average Bonchev–Trinajstić information content (AvgIpc) is 2.49. The van der Waals surface area contributed by atoms with Crippen molar-refractivity contribution < 1.29 is 4.39 Å². The van der Waals surface area contributed by atoms with Crippen LogP contribution in [0.4, 0.5) is 10.2 Å². The topological polar surface area (TPSA) is 19.4 Å². The van der Waals surface area contributed by atoms with Gasteiger partial charge < -0.3 is 4.90 Å². The number of hydrogen-bond acceptors (Lipinski definition) is 3. The van der Waals surface area contributed by atoms with Crippen molar-refractivity contribution in [3.05, 3.63) is 60.0 Å². The summed E-state index contributed by atoms with van der Waals surface area (Å²) >= 11 is 0. The van der Waals surface area contributed by atoms with Gasteiger partial charge in [-0.05, 0) is 29.8 Å². The van der Waals surface area contributed by atoms with Crippen LogP contribution in [0.25, 0.3) is 0 Å². The van der Waals surface area contributed by atoms with Crippen LogP contribution in [-0.2, 0) is 6.54 Å². The van der Waals surface area contributed by atoms with Gasteiger partial charge in [0.2, 0.25) is 0 Å². The smallest absolute Gasteiger partial charge is 0.128 e. The predicted molar refractivity (Wildman–Crippen MR) is 78.1 cm³/mol. The summed E-state index contributed by atoms with van der Waals surface area (Å²) in [4.78, 5) is 9.03. The van der Waals surface area contributed by atoms with Crippen LogP contribution in [0.3, 0.4) is 0 Å². The summed E-state index contributed by atoms with van der Waals surface area (Å²) < 4.78 is 13.2. The summed E-state index contributed by atoms with van der Waals surface area (Å²) in [5.41, 5.74) is 1.04. The Morgan fingerprint density at radius 2 is 1.85 bits per heavy atom. The monoisotopic (exact) mass is 271 g/mol. The second-order valence-electron chi connectivity index (χ2n) is 5.08. The molecule has 1 fully saturated rings. The average molecular weight is 271 g/mol. The summed E-state index contributed by atoms with van der Waals surface area (Å²) in [7, 11) is 0. The van der Waals surface area contributed by atoms with Crippen molar-refractivity contribution >= 4 is 5.82 Å². The van der Waals surface area contributed by atoms with E-state index in [4.69, 9.17) is 0 Å². The minimum absolute atomic E-state index is 0.158. The first-order valence-corrected chi connectivity index (χ1v) is 6.94. The van der Waals surface area contributed by atoms with Crippen LogP contribution in [0, 0.1) is 5.82 Å². The SMILES string of the molecule is Fc1cccc(CN2CCN(c3ccccn3)CC2)c1. The molecule has 3 nitrogen and oxygen atoms in total. The van der Waals surface area contributed by atoms with Crippen LogP contribution >= 0.6 is 0 Å². The molecule has 1 aromatic carbocycles. The molecule has 0 unspecified atom stereocenters. The molecule has 0 bridgehead atoms. The molecular weight excluding hydrogens is 253 g/mol. The first-order valence-electron chi connectivity index (χ1n) is 6.94. The number of hydrogen-bond donors (Lipinski definition) is 0. The molecule has 1 aliphatic heterocycles. The Morgan fingerprint density at radius 1 is 1.00 bits per heavy atom. The molecule has 4 heteroatoms. The van der Waals surface area contributed by atoms with Crippen LogP contribution < -0.4 is 4.90 Å². The second-order valence-corrected chi connectivity index (χ2v) is 5.08. The lowest BCUT2D eigenvalue weighted by Gasteiger charge is -2.35. The second kappa shape index (κ2) is 6.01. The van der Waals surface area contributed by atoms with E-state index in [1.54, 1.807) is 12.1 Å². The van der Waals surface area contributed by atoms with Crippen molar-refractivity contribution in [2.45, 2.75) is 6.54 Å². The maximum Gasteiger partial charge on any atom is 0.128 e. The zero-order chi connectivity index (χ0) is 13.8. The van der Waals surface area contributed by atoms with Crippen molar-refractivity contribution in [1.82, 2.24) is 9.88 Å². The van der Waals surface area contributed by atoms with E-state index < -0.39 is 0 Å². The Morgan fingerprint density at radius 3 is 2.55 bits per heavy atom. The Bertz CT molecular complexity index is 551. The molecule has 1 aromatic heterocycles. The van der Waals surface area contributed by atoms with Crippen molar-refractivity contribution in [3.8, 4) is 0 Å². The minimum Gasteiger partial charge on any atom is -0.354 e. The van der Waals surface area contributed by atoms with Crippen LogP contribution in [0.2, 0.25) is 0 Å². The van der Waals surface area contributed by atoms with Gasteiger partial charge in [0.25, 0.3) is 0 Å². The molecule has 0 N–H and O–H groups in total. The van der Waals surface area contributed by atoms with Crippen LogP contribution in [-0.4, -0.2) is 36.1 Å². The minimum atomic E-state index is -0.158. The molecule has 1 saturated heterocycles. The highest BCUT2D eigenvalue weighted by Crippen LogP contribution is 2.14. The normalized spacial score (nSPS) is 16.4. The number of benzene rings is 1. The van der Waals surface area contributed by atoms with Gasteiger partial charge in [-0.2, -0.15) is 0 Å². The highest BCUT2D eigenvalue weighted by atomic mass is 19.1. The van der Waals surface area contributed by atoms with E-state index >= 15 is 0 Å². The van der Waals surface area contributed by atoms with Crippen molar-refractivity contribution in [2.24, 2.45) is 0 Å². The summed E-state index contributed by atoms with van der Waals surface area (Å²) in [5.74, 6) is 0.882. The number of piperazine rings is 1. The number of anilines is 1. The quantitative estimate of drug-likeness (QED) is 0.855. The predicted octanol–water partition coefficient (Wildman–Crippen LogP) is 2.54. The molecule has 0 aliphatic carbocycles. The molecule has 2 heterocycles. The number of pyridine rings is 1. The van der Waals surface area contributed by atoms with Gasteiger partial charge in [0, 0.05) is 38.9 Å². The Hall–Kier alpha value is -1.94. The number of nitrogens with zero attached hydrogens (tertiary/aromatic N) is 3. The molecule has 0 spiro atoms. The zero-order valence-electron chi connectivity index (χ0n) is 11.4. The maximum absolute atomic E-state index is 13.2. The number of rotatable bonds is 3. The third-order valence-corrected chi connectivity index (χ3v) is 3.64.